The summed E-state index contributed by atoms with van der Waals surface area (Å²) in [5, 5.41) is 18.0. The molecule has 0 aliphatic carbocycles. The van der Waals surface area contributed by atoms with Crippen LogP contribution in [0, 0.1) is 13.8 Å². The van der Waals surface area contributed by atoms with Crippen LogP contribution >= 0.6 is 0 Å². The summed E-state index contributed by atoms with van der Waals surface area (Å²) in [6.45, 7) is 10.3. The molecule has 37 heavy (non-hydrogen) atoms. The summed E-state index contributed by atoms with van der Waals surface area (Å²) in [4.78, 5) is 30.0. The zero-order valence-corrected chi connectivity index (χ0v) is 20.7. The van der Waals surface area contributed by atoms with Gasteiger partial charge in [-0.15, -0.1) is 0 Å². The van der Waals surface area contributed by atoms with Crippen LogP contribution in [0.4, 0.5) is 13.2 Å². The number of halogens is 3. The van der Waals surface area contributed by atoms with Gasteiger partial charge in [0.25, 0.3) is 11.7 Å². The lowest BCUT2D eigenvalue weighted by Gasteiger charge is -2.11. The molecule has 0 aliphatic rings. The smallest absolute Gasteiger partial charge is 0.475 e. The van der Waals surface area contributed by atoms with E-state index in [1.165, 1.54) is 0 Å². The van der Waals surface area contributed by atoms with Gasteiger partial charge in [0.1, 0.15) is 6.33 Å². The minimum atomic E-state index is -5.08. The first kappa shape index (κ1) is 27.3. The van der Waals surface area contributed by atoms with Gasteiger partial charge in [0, 0.05) is 23.7 Å². The van der Waals surface area contributed by atoms with Crippen LogP contribution in [0.25, 0.3) is 16.8 Å². The number of carboxylic acids is 1. The number of aliphatic carboxylic acids is 1. The van der Waals surface area contributed by atoms with Crippen LogP contribution in [0.3, 0.4) is 0 Å². The first-order valence-electron chi connectivity index (χ1n) is 11.0. The van der Waals surface area contributed by atoms with Crippen LogP contribution in [0.2, 0.25) is 0 Å². The van der Waals surface area contributed by atoms with Gasteiger partial charge in [0.15, 0.2) is 0 Å². The lowest BCUT2D eigenvalue weighted by Crippen LogP contribution is -2.24. The summed E-state index contributed by atoms with van der Waals surface area (Å²) < 4.78 is 38.8. The third-order valence-electron chi connectivity index (χ3n) is 5.22. The quantitative estimate of drug-likeness (QED) is 0.409. The zero-order chi connectivity index (χ0) is 27.5. The van der Waals surface area contributed by atoms with E-state index in [-0.39, 0.29) is 17.1 Å². The Labute approximate surface area is 209 Å². The standard InChI is InChI=1S/C22H24N6O2.C2HF3O2/c1-13-8-9-28-18(13)17(24-12-25-28)15-6-7-16(14(2)10-15)11-23-20(29)19-26-21(30-27-19)22(3,4)5;3-2(4,5)1(6)7/h6-10,12H,11H2,1-5H3,(H,23,29);(H,6,7). The first-order valence-corrected chi connectivity index (χ1v) is 11.0. The van der Waals surface area contributed by atoms with Gasteiger partial charge in [-0.25, -0.2) is 14.3 Å². The largest absolute Gasteiger partial charge is 0.490 e. The Bertz CT molecular complexity index is 1440. The number of fused-ring (bicyclic) bond motifs is 1. The number of nitrogens with zero attached hydrogens (tertiary/aromatic N) is 5. The molecule has 0 atom stereocenters. The lowest BCUT2D eigenvalue weighted by atomic mass is 9.97. The second kappa shape index (κ2) is 10.4. The monoisotopic (exact) mass is 518 g/mol. The molecule has 0 radical (unpaired) electrons. The van der Waals surface area contributed by atoms with E-state index >= 15 is 0 Å². The third-order valence-corrected chi connectivity index (χ3v) is 5.22. The topological polar surface area (TPSA) is 136 Å². The number of aromatic nitrogens is 5. The summed E-state index contributed by atoms with van der Waals surface area (Å²) in [6, 6.07) is 8.10. The highest BCUT2D eigenvalue weighted by molar-refractivity contribution is 5.90. The molecule has 0 spiro atoms. The predicted octanol–water partition coefficient (Wildman–Crippen LogP) is 4.26. The minimum absolute atomic E-state index is 0.0429. The molecule has 0 saturated heterocycles. The maximum atomic E-state index is 12.4. The molecule has 0 fully saturated rings. The number of carboxylic acid groups (broad SMARTS) is 1. The van der Waals surface area contributed by atoms with Gasteiger partial charge in [0.05, 0.1) is 11.2 Å². The summed E-state index contributed by atoms with van der Waals surface area (Å²) >= 11 is 0. The summed E-state index contributed by atoms with van der Waals surface area (Å²) in [7, 11) is 0. The van der Waals surface area contributed by atoms with Crippen molar-refractivity contribution in [2.24, 2.45) is 0 Å². The van der Waals surface area contributed by atoms with Crippen LogP contribution in [0.5, 0.6) is 0 Å². The Morgan fingerprint density at radius 3 is 2.35 bits per heavy atom. The highest BCUT2D eigenvalue weighted by Gasteiger charge is 2.38. The van der Waals surface area contributed by atoms with E-state index in [0.29, 0.717) is 12.4 Å². The van der Waals surface area contributed by atoms with E-state index in [0.717, 1.165) is 33.5 Å². The highest BCUT2D eigenvalue weighted by Crippen LogP contribution is 2.26. The third kappa shape index (κ3) is 6.48. The second-order valence-electron chi connectivity index (χ2n) is 9.20. The number of alkyl halides is 3. The number of amides is 1. The average Bonchev–Trinajstić information content (AvgIpc) is 3.45. The molecular weight excluding hydrogens is 493 g/mol. The van der Waals surface area contributed by atoms with Crippen molar-refractivity contribution in [3.63, 3.8) is 0 Å². The fraction of sp³-hybridized carbons (Fsp3) is 0.333. The molecule has 2 N–H and O–H groups in total. The number of carbonyl (C=O) groups excluding carboxylic acids is 1. The molecule has 13 heteroatoms. The normalized spacial score (nSPS) is 11.7. The van der Waals surface area contributed by atoms with Crippen molar-refractivity contribution in [2.75, 3.05) is 0 Å². The molecule has 3 aromatic heterocycles. The Balaban J connectivity index is 0.000000479. The van der Waals surface area contributed by atoms with E-state index < -0.39 is 12.1 Å². The van der Waals surface area contributed by atoms with Crippen molar-refractivity contribution in [2.45, 2.75) is 52.8 Å². The molecule has 1 aromatic carbocycles. The summed E-state index contributed by atoms with van der Waals surface area (Å²) in [6.07, 6.45) is -1.60. The maximum Gasteiger partial charge on any atom is 0.490 e. The summed E-state index contributed by atoms with van der Waals surface area (Å²) in [5.74, 6) is -2.64. The maximum absolute atomic E-state index is 12.4. The Morgan fingerprint density at radius 2 is 1.78 bits per heavy atom. The minimum Gasteiger partial charge on any atom is -0.475 e. The molecule has 1 amide bonds. The molecule has 196 valence electrons. The molecule has 4 rings (SSSR count). The van der Waals surface area contributed by atoms with Crippen molar-refractivity contribution >= 4 is 17.4 Å². The number of aryl methyl sites for hydroxylation is 2. The number of hydrogen-bond acceptors (Lipinski definition) is 7. The molecule has 10 nitrogen and oxygen atoms in total. The molecule has 0 saturated carbocycles. The first-order chi connectivity index (χ1) is 17.2. The fourth-order valence-corrected chi connectivity index (χ4v) is 3.24. The number of benzene rings is 1. The molecule has 4 aromatic rings. The van der Waals surface area contributed by atoms with E-state index in [1.54, 1.807) is 6.33 Å². The highest BCUT2D eigenvalue weighted by atomic mass is 19.4. The van der Waals surface area contributed by atoms with Gasteiger partial charge in [-0.05, 0) is 42.7 Å². The number of carbonyl (C=O) groups is 2. The van der Waals surface area contributed by atoms with Gasteiger partial charge in [0.2, 0.25) is 5.89 Å². The van der Waals surface area contributed by atoms with Crippen molar-refractivity contribution in [1.82, 2.24) is 30.1 Å². The van der Waals surface area contributed by atoms with Crippen molar-refractivity contribution in [3.8, 4) is 11.3 Å². The van der Waals surface area contributed by atoms with Gasteiger partial charge in [-0.3, -0.25) is 4.79 Å². The van der Waals surface area contributed by atoms with Gasteiger partial charge in [-0.1, -0.05) is 38.1 Å². The van der Waals surface area contributed by atoms with Crippen molar-refractivity contribution in [3.05, 3.63) is 65.2 Å². The van der Waals surface area contributed by atoms with Crippen LogP contribution in [-0.4, -0.2) is 47.9 Å². The van der Waals surface area contributed by atoms with E-state index in [9.17, 15) is 18.0 Å². The molecular formula is C24H25F3N6O4. The van der Waals surface area contributed by atoms with Crippen molar-refractivity contribution < 1.29 is 32.4 Å². The van der Waals surface area contributed by atoms with E-state index in [4.69, 9.17) is 14.4 Å². The van der Waals surface area contributed by atoms with E-state index in [2.05, 4.69) is 31.6 Å². The number of hydrogen-bond donors (Lipinski definition) is 2. The molecule has 0 aliphatic heterocycles. The second-order valence-corrected chi connectivity index (χ2v) is 9.20. The van der Waals surface area contributed by atoms with Gasteiger partial charge in [-0.2, -0.15) is 23.3 Å². The number of nitrogens with one attached hydrogen (secondary N) is 1. The van der Waals surface area contributed by atoms with E-state index in [1.807, 2.05) is 63.5 Å². The SMILES string of the molecule is Cc1cc(-c2ncnn3ccc(C)c23)ccc1CNC(=O)c1noc(C(C)(C)C)n1.O=C(O)C(F)(F)F. The lowest BCUT2D eigenvalue weighted by molar-refractivity contribution is -0.192. The fourth-order valence-electron chi connectivity index (χ4n) is 3.24. The van der Waals surface area contributed by atoms with Crippen LogP contribution < -0.4 is 5.32 Å². The molecule has 3 heterocycles. The number of rotatable bonds is 4. The zero-order valence-electron chi connectivity index (χ0n) is 20.7. The van der Waals surface area contributed by atoms with Crippen LogP contribution in [0.15, 0.2) is 41.3 Å². The molecule has 0 unspecified atom stereocenters. The Hall–Kier alpha value is -4.29. The van der Waals surface area contributed by atoms with Gasteiger partial charge >= 0.3 is 12.1 Å². The van der Waals surface area contributed by atoms with Gasteiger partial charge < -0.3 is 14.9 Å². The Morgan fingerprint density at radius 1 is 1.11 bits per heavy atom. The van der Waals surface area contributed by atoms with Crippen LogP contribution in [-0.2, 0) is 16.8 Å². The summed E-state index contributed by atoms with van der Waals surface area (Å²) in [5.41, 5.74) is 5.75. The average molecular weight is 518 g/mol. The van der Waals surface area contributed by atoms with Crippen LogP contribution in [0.1, 0.15) is 54.0 Å². The Kier molecular flexibility index (Phi) is 7.65. The van der Waals surface area contributed by atoms with Crippen molar-refractivity contribution in [1.29, 1.82) is 0 Å². The predicted molar refractivity (Wildman–Crippen MR) is 126 cm³/mol. The molecule has 0 bridgehead atoms.